The van der Waals surface area contributed by atoms with E-state index in [9.17, 15) is 33.9 Å². The molecule has 91 heavy (non-hydrogen) atoms. The summed E-state index contributed by atoms with van der Waals surface area (Å²) in [6, 6.07) is 23.5. The van der Waals surface area contributed by atoms with Crippen molar-refractivity contribution in [3.8, 4) is 34.5 Å². The third-order valence-corrected chi connectivity index (χ3v) is 15.1. The van der Waals surface area contributed by atoms with Crippen molar-refractivity contribution in [2.45, 2.75) is 28.2 Å². The number of ketones is 3. The standard InChI is InChI=1S/C42H42N4O11.C19H18N2O5.C4H8I2O.CH4/c1-23-33(37(47)25-11-13-29(43)27(21-25)41(49)53-5)45-15-7-9-31(35(45)39(23)51-3)56-19-17-55-18-20-57-32-10-8-16-46-34(24(2)40(52-4)36(32)46)38(48)26-12-14-30(44)28(22-26)42(50)54-6;1-10-15(21-8-4-5-14(22)16(21)18(10)25-2)17(23)11-6-7-13(20)12(9-11)19(24)26-3;5-1-3-7-4-2-6;/h7-16,21-22H,17-20,43-44H2,1-6H3;4-9,22H,20H2,1-3H3;1-4H2;1H4. The van der Waals surface area contributed by atoms with E-state index in [0.717, 1.165) is 22.1 Å². The lowest BCUT2D eigenvalue weighted by Gasteiger charge is -2.12. The predicted molar refractivity (Wildman–Crippen MR) is 362 cm³/mol. The number of ether oxygens (including phenoxy) is 10. The molecule has 0 aliphatic heterocycles. The highest BCUT2D eigenvalue weighted by Gasteiger charge is 2.29. The number of halogens is 2. The number of esters is 3. The maximum Gasteiger partial charge on any atom is 0.339 e. The molecule has 3 aromatic carbocycles. The molecule has 0 atom stereocenters. The Bertz CT molecular complexity index is 3980. The normalized spacial score (nSPS) is 10.7. The monoisotopic (exact) mass is 1470 g/mol. The SMILES string of the molecule is C.COC(=O)c1cc(C(=O)c2c(C)c(OC)c3c(O)cccn23)ccc1N.COC(=O)c1cc(C(=O)c2c(C)c(OC)c3c(OCCOCCOc4cccn5c(C(=O)c6ccc(N)c(C(=O)OC)c6)c(C)c(OC)c45)cccn23)ccc1N.ICCOCCI. The van der Waals surface area contributed by atoms with Crippen molar-refractivity contribution < 1.29 is 81.2 Å². The van der Waals surface area contributed by atoms with Gasteiger partial charge in [0.05, 0.1) is 85.8 Å². The number of fused-ring (bicyclic) bond motifs is 3. The Morgan fingerprint density at radius 1 is 0.440 bits per heavy atom. The van der Waals surface area contributed by atoms with E-state index in [4.69, 9.17) is 64.6 Å². The van der Waals surface area contributed by atoms with Crippen LogP contribution in [0.4, 0.5) is 17.1 Å². The van der Waals surface area contributed by atoms with Crippen LogP contribution in [-0.2, 0) is 23.7 Å². The second kappa shape index (κ2) is 32.6. The summed E-state index contributed by atoms with van der Waals surface area (Å²) in [5.74, 6) is -0.679. The van der Waals surface area contributed by atoms with Gasteiger partial charge < -0.3 is 82.9 Å². The number of carbonyl (C=O) groups is 6. The Morgan fingerprint density at radius 3 is 1.07 bits per heavy atom. The number of hydrogen-bond acceptors (Lipinski definition) is 20. The van der Waals surface area contributed by atoms with Crippen molar-refractivity contribution in [2.24, 2.45) is 0 Å². The van der Waals surface area contributed by atoms with Gasteiger partial charge in [-0.2, -0.15) is 0 Å². The topological polar surface area (TPSA) is 306 Å². The van der Waals surface area contributed by atoms with Crippen LogP contribution in [-0.4, -0.2) is 145 Å². The van der Waals surface area contributed by atoms with Gasteiger partial charge in [0.1, 0.15) is 64.1 Å². The van der Waals surface area contributed by atoms with Gasteiger partial charge in [-0.1, -0.05) is 52.6 Å². The molecule has 6 aromatic heterocycles. The van der Waals surface area contributed by atoms with Crippen molar-refractivity contribution in [3.63, 3.8) is 0 Å². The van der Waals surface area contributed by atoms with Crippen LogP contribution in [0.5, 0.6) is 34.5 Å². The molecule has 0 amide bonds. The van der Waals surface area contributed by atoms with E-state index in [1.165, 1.54) is 91.2 Å². The molecule has 0 bridgehead atoms. The van der Waals surface area contributed by atoms with Crippen LogP contribution in [0.3, 0.4) is 0 Å². The maximum atomic E-state index is 13.8. The number of alkyl halides is 2. The lowest BCUT2D eigenvalue weighted by Crippen LogP contribution is -2.13. The minimum atomic E-state index is -0.647. The second-order valence-corrected chi connectivity index (χ2v) is 21.6. The van der Waals surface area contributed by atoms with Crippen LogP contribution in [0.25, 0.3) is 16.6 Å². The molecule has 0 fully saturated rings. The zero-order chi connectivity index (χ0) is 65.5. The van der Waals surface area contributed by atoms with E-state index < -0.39 is 17.9 Å². The van der Waals surface area contributed by atoms with Crippen LogP contribution in [0, 0.1) is 20.8 Å². The van der Waals surface area contributed by atoms with Crippen LogP contribution in [0.15, 0.2) is 110 Å². The van der Waals surface area contributed by atoms with Gasteiger partial charge >= 0.3 is 17.9 Å². The average molecular weight is 1480 g/mol. The number of pyridine rings is 3. The summed E-state index contributed by atoms with van der Waals surface area (Å²) >= 11 is 4.60. The summed E-state index contributed by atoms with van der Waals surface area (Å²) in [5, 5.41) is 10.2. The van der Waals surface area contributed by atoms with Crippen molar-refractivity contribution in [1.82, 2.24) is 13.2 Å². The van der Waals surface area contributed by atoms with Crippen molar-refractivity contribution in [2.75, 3.05) is 108 Å². The number of rotatable bonds is 24. The van der Waals surface area contributed by atoms with Gasteiger partial charge in [-0.3, -0.25) is 14.4 Å². The lowest BCUT2D eigenvalue weighted by atomic mass is 10.0. The highest BCUT2D eigenvalue weighted by Crippen LogP contribution is 2.40. The molecule has 25 heteroatoms. The van der Waals surface area contributed by atoms with Crippen LogP contribution < -0.4 is 40.9 Å². The molecule has 9 rings (SSSR count). The first kappa shape index (κ1) is 71.0. The molecular weight excluding hydrogens is 1400 g/mol. The van der Waals surface area contributed by atoms with Gasteiger partial charge in [0.25, 0.3) is 0 Å². The molecular formula is C66H72I2N6O17. The first-order valence-electron chi connectivity index (χ1n) is 27.6. The summed E-state index contributed by atoms with van der Waals surface area (Å²) in [6.07, 6.45) is 5.13. The number of methoxy groups -OCH3 is 6. The van der Waals surface area contributed by atoms with Gasteiger partial charge in [-0.15, -0.1) is 0 Å². The number of carbonyl (C=O) groups excluding carboxylic acids is 6. The number of anilines is 3. The molecule has 7 N–H and O–H groups in total. The van der Waals surface area contributed by atoms with E-state index in [2.05, 4.69) is 45.2 Å². The number of nitrogen functional groups attached to an aromatic ring is 3. The molecule has 0 spiro atoms. The average Bonchev–Trinajstić information content (AvgIpc) is 1.63. The molecule has 0 radical (unpaired) electrons. The van der Waals surface area contributed by atoms with Crippen LogP contribution in [0.2, 0.25) is 0 Å². The smallest absolute Gasteiger partial charge is 0.339 e. The summed E-state index contributed by atoms with van der Waals surface area (Å²) in [4.78, 5) is 77.2. The summed E-state index contributed by atoms with van der Waals surface area (Å²) in [6.45, 7) is 7.87. The summed E-state index contributed by atoms with van der Waals surface area (Å²) in [5.41, 5.74) is 23.7. The highest BCUT2D eigenvalue weighted by atomic mass is 127. The Morgan fingerprint density at radius 2 is 0.747 bits per heavy atom. The zero-order valence-corrected chi connectivity index (χ0v) is 55.2. The zero-order valence-electron chi connectivity index (χ0n) is 50.9. The number of nitrogens with zero attached hydrogens (tertiary/aromatic N) is 3. The van der Waals surface area contributed by atoms with Gasteiger partial charge in [-0.25, -0.2) is 14.4 Å². The van der Waals surface area contributed by atoms with E-state index in [-0.39, 0.29) is 107 Å². The predicted octanol–water partition coefficient (Wildman–Crippen LogP) is 10.6. The van der Waals surface area contributed by atoms with E-state index in [1.807, 2.05) is 0 Å². The van der Waals surface area contributed by atoms with Gasteiger partial charge in [0, 0.05) is 77.9 Å². The number of hydrogen-bond donors (Lipinski definition) is 4. The van der Waals surface area contributed by atoms with Gasteiger partial charge in [0.2, 0.25) is 17.3 Å². The quantitative estimate of drug-likeness (QED) is 0.00831. The number of nitrogens with two attached hydrogens (primary N) is 3. The molecule has 0 saturated heterocycles. The molecule has 9 aromatic rings. The molecule has 0 unspecified atom stereocenters. The van der Waals surface area contributed by atoms with E-state index >= 15 is 0 Å². The molecule has 482 valence electrons. The second-order valence-electron chi connectivity index (χ2n) is 19.5. The Balaban J connectivity index is 0.000000319. The summed E-state index contributed by atoms with van der Waals surface area (Å²) in [7, 11) is 8.24. The molecule has 6 heterocycles. The summed E-state index contributed by atoms with van der Waals surface area (Å²) < 4.78 is 61.5. The van der Waals surface area contributed by atoms with E-state index in [0.29, 0.717) is 79.1 Å². The number of benzene rings is 3. The lowest BCUT2D eigenvalue weighted by molar-refractivity contribution is 0.0593. The Labute approximate surface area is 552 Å². The molecule has 0 aliphatic rings. The fourth-order valence-corrected chi connectivity index (χ4v) is 10.6. The van der Waals surface area contributed by atoms with Gasteiger partial charge in [0.15, 0.2) is 17.2 Å². The fraction of sp³-hybridized carbons (Fsp3) is 0.273. The molecule has 0 aliphatic carbocycles. The van der Waals surface area contributed by atoms with Crippen molar-refractivity contribution in [3.05, 3.63) is 177 Å². The van der Waals surface area contributed by atoms with Gasteiger partial charge in [-0.05, 0) is 112 Å². The molecule has 23 nitrogen and oxygen atoms in total. The van der Waals surface area contributed by atoms with E-state index in [1.54, 1.807) is 95.0 Å². The maximum absolute atomic E-state index is 13.8. The Hall–Kier alpha value is -9.06. The molecule has 0 saturated carbocycles. The Kier molecular flexibility index (Phi) is 25.5. The van der Waals surface area contributed by atoms with Crippen molar-refractivity contribution >= 4 is 114 Å². The minimum Gasteiger partial charge on any atom is -0.506 e. The third kappa shape index (κ3) is 15.2. The first-order valence-corrected chi connectivity index (χ1v) is 30.7. The number of aromatic nitrogens is 3. The number of aromatic hydroxyl groups is 1. The largest absolute Gasteiger partial charge is 0.506 e. The fourth-order valence-electron chi connectivity index (χ4n) is 10.0. The van der Waals surface area contributed by atoms with Crippen molar-refractivity contribution in [1.29, 1.82) is 0 Å². The first-order chi connectivity index (χ1) is 43.3. The van der Waals surface area contributed by atoms with Crippen LogP contribution >= 0.6 is 45.2 Å². The third-order valence-electron chi connectivity index (χ3n) is 14.2. The minimum absolute atomic E-state index is 0. The van der Waals surface area contributed by atoms with Crippen LogP contribution in [0.1, 0.15) is 103 Å². The highest BCUT2D eigenvalue weighted by molar-refractivity contribution is 14.1.